The van der Waals surface area contributed by atoms with Gasteiger partial charge in [-0.15, -0.1) is 0 Å². The number of aryl methyl sites for hydroxylation is 1. The van der Waals surface area contributed by atoms with Gasteiger partial charge in [0.25, 0.3) is 6.04 Å². The van der Waals surface area contributed by atoms with E-state index in [9.17, 15) is 18.3 Å². The lowest BCUT2D eigenvalue weighted by atomic mass is 10.1. The molecule has 4 rings (SSSR count). The monoisotopic (exact) mass is 432 g/mol. The van der Waals surface area contributed by atoms with Crippen molar-refractivity contribution >= 4 is 21.7 Å². The number of ether oxygens (including phenoxy) is 1. The summed E-state index contributed by atoms with van der Waals surface area (Å²) in [7, 11) is -3.71. The molecule has 0 amide bonds. The van der Waals surface area contributed by atoms with Crippen LogP contribution in [0.5, 0.6) is 0 Å². The smallest absolute Gasteiger partial charge is 0.371 e. The van der Waals surface area contributed by atoms with Crippen molar-refractivity contribution in [2.45, 2.75) is 37.6 Å². The van der Waals surface area contributed by atoms with E-state index < -0.39 is 34.2 Å². The van der Waals surface area contributed by atoms with Crippen molar-refractivity contribution in [3.63, 3.8) is 0 Å². The molecule has 2 N–H and O–H groups in total. The Kier molecular flexibility index (Phi) is 5.27. The van der Waals surface area contributed by atoms with E-state index in [1.54, 1.807) is 18.2 Å². The molecule has 0 spiro atoms. The van der Waals surface area contributed by atoms with Gasteiger partial charge in [0.2, 0.25) is 15.8 Å². The number of furan rings is 1. The molecule has 3 unspecified atom stereocenters. The summed E-state index contributed by atoms with van der Waals surface area (Å²) in [5.41, 5.74) is 2.16. The topological polar surface area (TPSA) is 122 Å². The maximum absolute atomic E-state index is 12.8. The second-order valence-electron chi connectivity index (χ2n) is 7.36. The summed E-state index contributed by atoms with van der Waals surface area (Å²) < 4.78 is 37.6. The Hall–Kier alpha value is -2.87. The Balaban J connectivity index is 1.54. The van der Waals surface area contributed by atoms with Gasteiger partial charge in [-0.3, -0.25) is 4.31 Å². The molecule has 0 bridgehead atoms. The second-order valence-corrected chi connectivity index (χ2v) is 9.25. The number of aromatic carboxylic acids is 1. The fourth-order valence-electron chi connectivity index (χ4n) is 3.99. The van der Waals surface area contributed by atoms with Crippen molar-refractivity contribution in [1.82, 2.24) is 0 Å². The van der Waals surface area contributed by atoms with E-state index in [1.165, 1.54) is 16.4 Å². The highest BCUT2D eigenvalue weighted by Crippen LogP contribution is 2.37. The fraction of sp³-hybridized carbons (Fsp3) is 0.400. The first-order valence-electron chi connectivity index (χ1n) is 9.39. The summed E-state index contributed by atoms with van der Waals surface area (Å²) in [6.07, 6.45) is 0.726. The molecule has 158 valence electrons. The van der Waals surface area contributed by atoms with Crippen LogP contribution in [-0.4, -0.2) is 49.0 Å². The Labute approximate surface area is 173 Å². The van der Waals surface area contributed by atoms with Crippen molar-refractivity contribution in [2.75, 3.05) is 16.7 Å². The Morgan fingerprint density at radius 3 is 2.83 bits per heavy atom. The highest BCUT2D eigenvalue weighted by Gasteiger charge is 2.49. The molecule has 0 radical (unpaired) electrons. The maximum atomic E-state index is 12.8. The molecule has 1 aromatic carbocycles. The molecule has 1 fully saturated rings. The van der Waals surface area contributed by atoms with Gasteiger partial charge in [0.15, 0.2) is 0 Å². The lowest BCUT2D eigenvalue weighted by Crippen LogP contribution is -2.39. The van der Waals surface area contributed by atoms with Gasteiger partial charge in [0.1, 0.15) is 24.2 Å². The minimum Gasteiger partial charge on any atom is -0.475 e. The average Bonchev–Trinajstić information content (AvgIpc) is 3.38. The van der Waals surface area contributed by atoms with Crippen LogP contribution >= 0.6 is 0 Å². The van der Waals surface area contributed by atoms with Crippen LogP contribution in [0.25, 0.3) is 4.85 Å². The number of anilines is 1. The van der Waals surface area contributed by atoms with E-state index in [-0.39, 0.29) is 24.7 Å². The molecule has 1 aliphatic heterocycles. The quantitative estimate of drug-likeness (QED) is 0.670. The number of aliphatic hydroxyl groups is 1. The largest absolute Gasteiger partial charge is 0.475 e. The zero-order valence-electron chi connectivity index (χ0n) is 15.9. The van der Waals surface area contributed by atoms with Gasteiger partial charge in [-0.2, -0.15) is 0 Å². The third-order valence-electron chi connectivity index (χ3n) is 5.42. The van der Waals surface area contributed by atoms with Gasteiger partial charge in [0, 0.05) is 0 Å². The number of carboxylic acid groups (broad SMARTS) is 1. The number of carboxylic acids is 1. The van der Waals surface area contributed by atoms with Gasteiger partial charge >= 0.3 is 5.97 Å². The zero-order valence-corrected chi connectivity index (χ0v) is 16.7. The number of hydrogen-bond acceptors (Lipinski definition) is 6. The van der Waals surface area contributed by atoms with Gasteiger partial charge in [-0.05, 0) is 48.2 Å². The van der Waals surface area contributed by atoms with Crippen molar-refractivity contribution in [3.8, 4) is 0 Å². The van der Waals surface area contributed by atoms with Gasteiger partial charge in [-0.25, -0.2) is 19.8 Å². The molecule has 1 saturated heterocycles. The molecule has 2 aromatic rings. The van der Waals surface area contributed by atoms with E-state index in [0.717, 1.165) is 11.1 Å². The molecule has 1 aliphatic carbocycles. The predicted molar refractivity (Wildman–Crippen MR) is 105 cm³/mol. The molecule has 2 aliphatic rings. The van der Waals surface area contributed by atoms with Crippen LogP contribution in [0, 0.1) is 6.57 Å². The third-order valence-corrected chi connectivity index (χ3v) is 7.27. The Morgan fingerprint density at radius 1 is 1.33 bits per heavy atom. The molecule has 10 heteroatoms. The van der Waals surface area contributed by atoms with Gasteiger partial charge < -0.3 is 24.2 Å². The van der Waals surface area contributed by atoms with Crippen molar-refractivity contribution in [2.24, 2.45) is 0 Å². The van der Waals surface area contributed by atoms with E-state index in [0.29, 0.717) is 24.3 Å². The minimum atomic E-state index is -3.71. The van der Waals surface area contributed by atoms with Crippen LogP contribution < -0.4 is 4.31 Å². The first kappa shape index (κ1) is 20.4. The summed E-state index contributed by atoms with van der Waals surface area (Å²) in [5, 5.41) is 18.9. The molecule has 2 heterocycles. The van der Waals surface area contributed by atoms with Crippen molar-refractivity contribution < 1.29 is 32.6 Å². The van der Waals surface area contributed by atoms with E-state index >= 15 is 0 Å². The number of sulfonamides is 1. The van der Waals surface area contributed by atoms with Crippen LogP contribution in [0.1, 0.15) is 40.0 Å². The summed E-state index contributed by atoms with van der Waals surface area (Å²) in [4.78, 5) is 14.4. The number of aliphatic hydroxyl groups excluding tert-OH is 1. The van der Waals surface area contributed by atoms with Crippen molar-refractivity contribution in [1.29, 1.82) is 0 Å². The molecular weight excluding hydrogens is 412 g/mol. The molecular formula is C20H20N2O7S. The normalized spacial score (nSPS) is 24.5. The SMILES string of the molecule is [C-]#[N+]C1CS(=O)(=O)N(c2ccc3c(c2)CCC3O)C1COCc1ccc(C(=O)O)o1. The minimum absolute atomic E-state index is 0.0429. The lowest BCUT2D eigenvalue weighted by molar-refractivity contribution is 0.0643. The molecule has 9 nitrogen and oxygen atoms in total. The number of carbonyl (C=O) groups is 1. The summed E-state index contributed by atoms with van der Waals surface area (Å²) >= 11 is 0. The highest BCUT2D eigenvalue weighted by molar-refractivity contribution is 7.93. The number of hydrogen-bond donors (Lipinski definition) is 2. The van der Waals surface area contributed by atoms with Gasteiger partial charge in [0.05, 0.1) is 18.4 Å². The molecule has 1 aromatic heterocycles. The highest BCUT2D eigenvalue weighted by atomic mass is 32.2. The zero-order chi connectivity index (χ0) is 21.5. The van der Waals surface area contributed by atoms with Crippen LogP contribution in [0.15, 0.2) is 34.7 Å². The summed E-state index contributed by atoms with van der Waals surface area (Å²) in [5.74, 6) is -1.40. The number of fused-ring (bicyclic) bond motifs is 1. The predicted octanol–water partition coefficient (Wildman–Crippen LogP) is 1.98. The molecule has 30 heavy (non-hydrogen) atoms. The van der Waals surface area contributed by atoms with Gasteiger partial charge in [-0.1, -0.05) is 6.07 Å². The standard InChI is InChI=1S/C20H20N2O7S/c1-21-16-11-30(26,27)22(13-3-5-15-12(8-13)2-6-18(15)23)17(16)10-28-9-14-4-7-19(29-14)20(24)25/h3-5,7-8,16-18,23H,2,6,9-11H2,(H,24,25). The van der Waals surface area contributed by atoms with Crippen LogP contribution in [0.4, 0.5) is 5.69 Å². The first-order valence-corrected chi connectivity index (χ1v) is 11.0. The summed E-state index contributed by atoms with van der Waals surface area (Å²) in [6.45, 7) is 7.33. The first-order chi connectivity index (χ1) is 14.3. The third kappa shape index (κ3) is 3.67. The Morgan fingerprint density at radius 2 is 2.13 bits per heavy atom. The maximum Gasteiger partial charge on any atom is 0.371 e. The molecule has 0 saturated carbocycles. The van der Waals surface area contributed by atoms with E-state index in [1.807, 2.05) is 0 Å². The van der Waals surface area contributed by atoms with Crippen LogP contribution in [0.2, 0.25) is 0 Å². The van der Waals surface area contributed by atoms with E-state index in [4.69, 9.17) is 20.8 Å². The lowest BCUT2D eigenvalue weighted by Gasteiger charge is -2.25. The van der Waals surface area contributed by atoms with E-state index in [2.05, 4.69) is 4.85 Å². The number of rotatable bonds is 6. The Bertz CT molecular complexity index is 1120. The average molecular weight is 432 g/mol. The van der Waals surface area contributed by atoms with Crippen LogP contribution in [-0.2, 0) is 27.8 Å². The molecule has 3 atom stereocenters. The number of benzene rings is 1. The summed E-state index contributed by atoms with van der Waals surface area (Å²) in [6, 6.07) is 6.42. The fourth-order valence-corrected chi connectivity index (χ4v) is 5.93. The number of nitrogens with zero attached hydrogens (tertiary/aromatic N) is 2. The van der Waals surface area contributed by atoms with Crippen LogP contribution in [0.3, 0.4) is 0 Å². The van der Waals surface area contributed by atoms with Crippen molar-refractivity contribution in [3.05, 3.63) is 64.4 Å². The second kappa shape index (κ2) is 7.75.